The van der Waals surface area contributed by atoms with Gasteiger partial charge in [0.15, 0.2) is 9.84 Å². The lowest BCUT2D eigenvalue weighted by atomic mass is 10.1. The topological polar surface area (TPSA) is 56.3 Å². The summed E-state index contributed by atoms with van der Waals surface area (Å²) in [5, 5.41) is 0. The Labute approximate surface area is 164 Å². The molecule has 0 radical (unpaired) electrons. The van der Waals surface area contributed by atoms with Crippen molar-refractivity contribution in [1.82, 2.24) is 4.98 Å². The van der Waals surface area contributed by atoms with Gasteiger partial charge in [-0.1, -0.05) is 18.2 Å². The predicted molar refractivity (Wildman–Crippen MR) is 107 cm³/mol. The molecule has 28 heavy (non-hydrogen) atoms. The maximum Gasteiger partial charge on any atom is 0.178 e. The zero-order chi connectivity index (χ0) is 19.8. The van der Waals surface area contributed by atoms with Crippen molar-refractivity contribution in [1.29, 1.82) is 0 Å². The van der Waals surface area contributed by atoms with Crippen LogP contribution in [0.4, 0.5) is 4.39 Å². The van der Waals surface area contributed by atoms with E-state index in [4.69, 9.17) is 4.74 Å². The highest BCUT2D eigenvalue weighted by molar-refractivity contribution is 7.91. The van der Waals surface area contributed by atoms with E-state index in [2.05, 4.69) is 4.98 Å². The molecule has 6 heteroatoms. The van der Waals surface area contributed by atoms with E-state index in [-0.39, 0.29) is 10.6 Å². The molecular formula is C22H22FNO3S. The maximum atomic E-state index is 12.9. The summed E-state index contributed by atoms with van der Waals surface area (Å²) in [7, 11) is -3.38. The molecule has 1 heterocycles. The molecule has 0 saturated carbocycles. The zero-order valence-corrected chi connectivity index (χ0v) is 16.2. The molecule has 0 aliphatic heterocycles. The van der Waals surface area contributed by atoms with Gasteiger partial charge in [0, 0.05) is 12.4 Å². The van der Waals surface area contributed by atoms with Crippen LogP contribution < -0.4 is 4.74 Å². The van der Waals surface area contributed by atoms with Crippen LogP contribution in [0.3, 0.4) is 0 Å². The summed E-state index contributed by atoms with van der Waals surface area (Å²) in [5.41, 5.74) is 2.32. The predicted octanol–water partition coefficient (Wildman–Crippen LogP) is 4.44. The summed E-state index contributed by atoms with van der Waals surface area (Å²) in [4.78, 5) is 4.26. The Kier molecular flexibility index (Phi) is 6.76. The number of benzene rings is 2. The van der Waals surface area contributed by atoms with Gasteiger partial charge in [0.2, 0.25) is 0 Å². The monoisotopic (exact) mass is 399 g/mol. The highest BCUT2D eigenvalue weighted by Gasteiger charge is 2.13. The largest absolute Gasteiger partial charge is 0.494 e. The molecule has 0 saturated heterocycles. The van der Waals surface area contributed by atoms with Gasteiger partial charge in [0.25, 0.3) is 0 Å². The van der Waals surface area contributed by atoms with Crippen LogP contribution in [0, 0.1) is 5.82 Å². The highest BCUT2D eigenvalue weighted by Crippen LogP contribution is 2.16. The molecule has 2 aromatic carbocycles. The van der Waals surface area contributed by atoms with Crippen LogP contribution in [0.5, 0.6) is 5.75 Å². The molecule has 0 bridgehead atoms. The Bertz CT molecular complexity index is 973. The van der Waals surface area contributed by atoms with Crippen molar-refractivity contribution >= 4 is 9.84 Å². The third kappa shape index (κ3) is 5.89. The summed E-state index contributed by atoms with van der Waals surface area (Å²) >= 11 is 0. The first-order chi connectivity index (χ1) is 13.5. The van der Waals surface area contributed by atoms with E-state index in [1.807, 2.05) is 42.6 Å². The molecule has 0 aliphatic rings. The van der Waals surface area contributed by atoms with Crippen molar-refractivity contribution in [3.8, 4) is 5.75 Å². The minimum atomic E-state index is -3.38. The van der Waals surface area contributed by atoms with E-state index in [9.17, 15) is 12.8 Å². The fraction of sp³-hybridized carbons (Fsp3) is 0.227. The molecule has 0 spiro atoms. The third-order valence-corrected chi connectivity index (χ3v) is 6.12. The summed E-state index contributed by atoms with van der Waals surface area (Å²) in [6.45, 7) is 0.445. The second-order valence-corrected chi connectivity index (χ2v) is 8.62. The Balaban J connectivity index is 1.41. The first kappa shape index (κ1) is 20.0. The van der Waals surface area contributed by atoms with Gasteiger partial charge in [-0.05, 0) is 72.9 Å². The second-order valence-electron chi connectivity index (χ2n) is 6.51. The number of hydrogen-bond donors (Lipinski definition) is 0. The van der Waals surface area contributed by atoms with Crippen molar-refractivity contribution in [2.45, 2.75) is 24.2 Å². The Hall–Kier alpha value is -2.73. The molecule has 3 aromatic rings. The van der Waals surface area contributed by atoms with Crippen molar-refractivity contribution in [3.63, 3.8) is 0 Å². The first-order valence-electron chi connectivity index (χ1n) is 9.12. The van der Waals surface area contributed by atoms with Gasteiger partial charge >= 0.3 is 0 Å². The lowest BCUT2D eigenvalue weighted by Crippen LogP contribution is -2.08. The van der Waals surface area contributed by atoms with Crippen LogP contribution in [0.2, 0.25) is 0 Å². The normalized spacial score (nSPS) is 11.3. The van der Waals surface area contributed by atoms with Gasteiger partial charge in [-0.2, -0.15) is 0 Å². The van der Waals surface area contributed by atoms with Gasteiger partial charge in [0.05, 0.1) is 17.3 Å². The lowest BCUT2D eigenvalue weighted by molar-refractivity contribution is 0.309. The third-order valence-electron chi connectivity index (χ3n) is 4.30. The van der Waals surface area contributed by atoms with E-state index < -0.39 is 15.7 Å². The smallest absolute Gasteiger partial charge is 0.178 e. The molecule has 0 atom stereocenters. The maximum absolute atomic E-state index is 12.9. The minimum absolute atomic E-state index is 0.0199. The van der Waals surface area contributed by atoms with Crippen LogP contribution in [-0.2, 0) is 16.3 Å². The summed E-state index contributed by atoms with van der Waals surface area (Å²) < 4.78 is 43.0. The number of sulfone groups is 1. The number of hydrogen-bond acceptors (Lipinski definition) is 4. The van der Waals surface area contributed by atoms with Crippen LogP contribution in [0.1, 0.15) is 24.0 Å². The van der Waals surface area contributed by atoms with Crippen LogP contribution in [0.25, 0.3) is 0 Å². The second kappa shape index (κ2) is 9.46. The fourth-order valence-electron chi connectivity index (χ4n) is 2.79. The molecule has 0 unspecified atom stereocenters. The number of unbranched alkanes of at least 4 members (excludes halogenated alkanes) is 1. The molecule has 0 amide bonds. The number of nitrogens with zero attached hydrogens (tertiary/aromatic N) is 1. The van der Waals surface area contributed by atoms with Crippen LogP contribution in [-0.4, -0.2) is 25.8 Å². The standard InChI is InChI=1S/C22H22FNO3S/c23-20-7-11-22(12-8-20)28(25,26)15-2-1-14-27-21-9-5-18(6-10-21)16-19-4-3-13-24-17-19/h3-13,17H,1-2,14-16H2. The van der Waals surface area contributed by atoms with E-state index in [1.54, 1.807) is 6.20 Å². The number of aromatic nitrogens is 1. The zero-order valence-electron chi connectivity index (χ0n) is 15.4. The summed E-state index contributed by atoms with van der Waals surface area (Å²) in [5.74, 6) is 0.335. The highest BCUT2D eigenvalue weighted by atomic mass is 32.2. The van der Waals surface area contributed by atoms with Gasteiger partial charge in [-0.3, -0.25) is 4.98 Å². The SMILES string of the molecule is O=S(=O)(CCCCOc1ccc(Cc2cccnc2)cc1)c1ccc(F)cc1. The van der Waals surface area contributed by atoms with Crippen molar-refractivity contribution in [3.05, 3.63) is 90.0 Å². The summed E-state index contributed by atoms with van der Waals surface area (Å²) in [6.07, 6.45) is 5.53. The fourth-order valence-corrected chi connectivity index (χ4v) is 4.16. The van der Waals surface area contributed by atoms with Gasteiger partial charge in [-0.25, -0.2) is 12.8 Å². The molecule has 146 valence electrons. The average Bonchev–Trinajstić information content (AvgIpc) is 2.70. The van der Waals surface area contributed by atoms with Gasteiger partial charge in [-0.15, -0.1) is 0 Å². The van der Waals surface area contributed by atoms with E-state index in [0.717, 1.165) is 29.9 Å². The van der Waals surface area contributed by atoms with Crippen LogP contribution in [0.15, 0.2) is 78.0 Å². The first-order valence-corrected chi connectivity index (χ1v) is 10.8. The van der Waals surface area contributed by atoms with E-state index >= 15 is 0 Å². The number of pyridine rings is 1. The molecule has 0 fully saturated rings. The van der Waals surface area contributed by atoms with Crippen molar-refractivity contribution < 1.29 is 17.5 Å². The van der Waals surface area contributed by atoms with Crippen LogP contribution >= 0.6 is 0 Å². The Morgan fingerprint density at radius 3 is 2.32 bits per heavy atom. The van der Waals surface area contributed by atoms with Gasteiger partial charge < -0.3 is 4.74 Å². The molecule has 4 nitrogen and oxygen atoms in total. The Morgan fingerprint density at radius 2 is 1.64 bits per heavy atom. The minimum Gasteiger partial charge on any atom is -0.494 e. The van der Waals surface area contributed by atoms with E-state index in [1.165, 1.54) is 17.7 Å². The Morgan fingerprint density at radius 1 is 0.893 bits per heavy atom. The van der Waals surface area contributed by atoms with Crippen molar-refractivity contribution in [2.75, 3.05) is 12.4 Å². The number of halogens is 1. The molecule has 3 rings (SSSR count). The molecular weight excluding hydrogens is 377 g/mol. The average molecular weight is 399 g/mol. The summed E-state index contributed by atoms with van der Waals surface area (Å²) in [6, 6.07) is 16.7. The quantitative estimate of drug-likeness (QED) is 0.394. The number of rotatable bonds is 9. The van der Waals surface area contributed by atoms with Crippen molar-refractivity contribution in [2.24, 2.45) is 0 Å². The van der Waals surface area contributed by atoms with Gasteiger partial charge in [0.1, 0.15) is 11.6 Å². The molecule has 0 N–H and O–H groups in total. The van der Waals surface area contributed by atoms with E-state index in [0.29, 0.717) is 19.4 Å². The lowest BCUT2D eigenvalue weighted by Gasteiger charge is -2.08. The molecule has 1 aromatic heterocycles. The number of ether oxygens (including phenoxy) is 1. The molecule has 0 aliphatic carbocycles.